The minimum atomic E-state index is -0.509. The van der Waals surface area contributed by atoms with Crippen molar-refractivity contribution in [3.8, 4) is 0 Å². The van der Waals surface area contributed by atoms with Gasteiger partial charge in [-0.1, -0.05) is 0 Å². The molecule has 0 aliphatic heterocycles. The van der Waals surface area contributed by atoms with Crippen molar-refractivity contribution in [1.29, 1.82) is 0 Å². The average molecular weight is 219 g/mol. The number of carbonyl (C=O) groups is 2. The molecule has 2 aromatic rings. The molecule has 0 unspecified atom stereocenters. The number of carbonyl (C=O) groups excluding carboxylic acids is 2. The van der Waals surface area contributed by atoms with Crippen LogP contribution in [0.5, 0.6) is 0 Å². The normalized spacial score (nSPS) is 9.75. The van der Waals surface area contributed by atoms with Gasteiger partial charge in [0.15, 0.2) is 5.76 Å². The highest BCUT2D eigenvalue weighted by Crippen LogP contribution is 1.98. The van der Waals surface area contributed by atoms with Crippen molar-refractivity contribution in [2.45, 2.75) is 0 Å². The molecule has 0 saturated heterocycles. The molecule has 0 saturated carbocycles. The maximum absolute atomic E-state index is 11.4. The molecule has 0 aliphatic carbocycles. The van der Waals surface area contributed by atoms with Crippen LogP contribution in [0.25, 0.3) is 0 Å². The van der Waals surface area contributed by atoms with Crippen molar-refractivity contribution in [2.24, 2.45) is 0 Å². The highest BCUT2D eigenvalue weighted by Gasteiger charge is 2.10. The van der Waals surface area contributed by atoms with E-state index in [1.54, 1.807) is 24.4 Å². The van der Waals surface area contributed by atoms with Crippen molar-refractivity contribution in [1.82, 2.24) is 15.8 Å². The third kappa shape index (κ3) is 2.11. The van der Waals surface area contributed by atoms with Gasteiger partial charge in [0.2, 0.25) is 0 Å². The van der Waals surface area contributed by atoms with Crippen LogP contribution >= 0.6 is 0 Å². The third-order valence-electron chi connectivity index (χ3n) is 1.88. The van der Waals surface area contributed by atoms with Gasteiger partial charge in [-0.25, -0.2) is 0 Å². The summed E-state index contributed by atoms with van der Waals surface area (Å²) in [5.74, 6) is -0.804. The molecule has 82 valence electrons. The molecule has 6 heteroatoms. The van der Waals surface area contributed by atoms with Crippen LogP contribution in [-0.4, -0.2) is 16.8 Å². The molecule has 0 aromatic carbocycles. The van der Waals surface area contributed by atoms with Crippen molar-refractivity contribution in [2.75, 3.05) is 0 Å². The van der Waals surface area contributed by atoms with Crippen LogP contribution in [0.4, 0.5) is 0 Å². The zero-order chi connectivity index (χ0) is 11.4. The third-order valence-corrected chi connectivity index (χ3v) is 1.88. The zero-order valence-electron chi connectivity index (χ0n) is 8.19. The molecule has 6 nitrogen and oxygen atoms in total. The second-order valence-corrected chi connectivity index (χ2v) is 2.97. The number of nitrogens with one attached hydrogen (secondary N) is 3. The minimum Gasteiger partial charge on any atom is -0.459 e. The van der Waals surface area contributed by atoms with E-state index >= 15 is 0 Å². The van der Waals surface area contributed by atoms with Crippen LogP contribution in [0.3, 0.4) is 0 Å². The number of aromatic amines is 1. The first-order valence-corrected chi connectivity index (χ1v) is 4.55. The smallest absolute Gasteiger partial charge is 0.305 e. The Morgan fingerprint density at radius 1 is 1.12 bits per heavy atom. The van der Waals surface area contributed by atoms with Gasteiger partial charge in [-0.15, -0.1) is 0 Å². The van der Waals surface area contributed by atoms with E-state index in [4.69, 9.17) is 4.42 Å². The molecule has 2 heterocycles. The molecular weight excluding hydrogens is 210 g/mol. The lowest BCUT2D eigenvalue weighted by molar-refractivity contribution is 0.0829. The first-order chi connectivity index (χ1) is 7.77. The highest BCUT2D eigenvalue weighted by atomic mass is 16.3. The summed E-state index contributed by atoms with van der Waals surface area (Å²) < 4.78 is 4.85. The average Bonchev–Trinajstić information content (AvgIpc) is 2.95. The molecule has 3 N–H and O–H groups in total. The van der Waals surface area contributed by atoms with Gasteiger partial charge in [0, 0.05) is 6.20 Å². The van der Waals surface area contributed by atoms with E-state index in [9.17, 15) is 9.59 Å². The van der Waals surface area contributed by atoms with Crippen molar-refractivity contribution < 1.29 is 14.0 Å². The zero-order valence-corrected chi connectivity index (χ0v) is 8.19. The van der Waals surface area contributed by atoms with Crippen LogP contribution < -0.4 is 10.9 Å². The summed E-state index contributed by atoms with van der Waals surface area (Å²) in [6.07, 6.45) is 2.99. The highest BCUT2D eigenvalue weighted by molar-refractivity contribution is 5.96. The lowest BCUT2D eigenvalue weighted by atomic mass is 10.4. The molecule has 0 aliphatic rings. The fourth-order valence-electron chi connectivity index (χ4n) is 1.12. The molecule has 16 heavy (non-hydrogen) atoms. The van der Waals surface area contributed by atoms with Crippen LogP contribution in [0.2, 0.25) is 0 Å². The maximum Gasteiger partial charge on any atom is 0.305 e. The number of hydrogen-bond acceptors (Lipinski definition) is 3. The van der Waals surface area contributed by atoms with E-state index in [0.717, 1.165) is 0 Å². The lowest BCUT2D eigenvalue weighted by Gasteiger charge is -2.03. The quantitative estimate of drug-likeness (QED) is 0.649. The summed E-state index contributed by atoms with van der Waals surface area (Å²) in [5, 5.41) is 0. The molecule has 0 spiro atoms. The summed E-state index contributed by atoms with van der Waals surface area (Å²) in [6.45, 7) is 0. The van der Waals surface area contributed by atoms with Crippen LogP contribution in [-0.2, 0) is 0 Å². The number of hydrogen-bond donors (Lipinski definition) is 3. The summed E-state index contributed by atoms with van der Waals surface area (Å²) in [6, 6.07) is 6.36. The summed E-state index contributed by atoms with van der Waals surface area (Å²) in [7, 11) is 0. The van der Waals surface area contributed by atoms with Crippen molar-refractivity contribution >= 4 is 11.8 Å². The Balaban J connectivity index is 1.89. The van der Waals surface area contributed by atoms with Gasteiger partial charge in [0.1, 0.15) is 5.69 Å². The molecule has 0 bridgehead atoms. The van der Waals surface area contributed by atoms with Gasteiger partial charge in [0.05, 0.1) is 6.26 Å². The summed E-state index contributed by atoms with van der Waals surface area (Å²) in [4.78, 5) is 25.5. The van der Waals surface area contributed by atoms with E-state index in [-0.39, 0.29) is 5.76 Å². The Hall–Kier alpha value is -2.50. The van der Waals surface area contributed by atoms with Gasteiger partial charge in [-0.05, 0) is 24.3 Å². The van der Waals surface area contributed by atoms with E-state index in [0.29, 0.717) is 5.69 Å². The Bertz CT molecular complexity index is 427. The molecule has 2 aromatic heterocycles. The number of aromatic nitrogens is 1. The first kappa shape index (κ1) is 10.0. The fourth-order valence-corrected chi connectivity index (χ4v) is 1.12. The number of amides is 2. The van der Waals surface area contributed by atoms with Crippen LogP contribution in [0.15, 0.2) is 41.1 Å². The Morgan fingerprint density at radius 3 is 2.56 bits per heavy atom. The molecule has 2 rings (SSSR count). The monoisotopic (exact) mass is 219 g/mol. The number of hydrazine groups is 1. The Kier molecular flexibility index (Phi) is 2.73. The standard InChI is InChI=1S/C10H9N3O3/c14-9(7-3-1-5-11-7)12-13-10(15)8-4-2-6-16-8/h1-6,11H,(H,12,14)(H,13,15). The Morgan fingerprint density at radius 2 is 1.94 bits per heavy atom. The molecule has 0 fully saturated rings. The largest absolute Gasteiger partial charge is 0.459 e. The summed E-state index contributed by atoms with van der Waals surface area (Å²) >= 11 is 0. The lowest BCUT2D eigenvalue weighted by Crippen LogP contribution is -2.41. The number of rotatable bonds is 2. The van der Waals surface area contributed by atoms with E-state index < -0.39 is 11.8 Å². The molecular formula is C10H9N3O3. The maximum atomic E-state index is 11.4. The fraction of sp³-hybridized carbons (Fsp3) is 0. The van der Waals surface area contributed by atoms with Crippen molar-refractivity contribution in [3.63, 3.8) is 0 Å². The van der Waals surface area contributed by atoms with Crippen molar-refractivity contribution in [3.05, 3.63) is 48.2 Å². The predicted octanol–water partition coefficient (Wildman–Crippen LogP) is 0.682. The van der Waals surface area contributed by atoms with Gasteiger partial charge in [0.25, 0.3) is 5.91 Å². The van der Waals surface area contributed by atoms with Gasteiger partial charge in [-0.3, -0.25) is 20.4 Å². The number of furan rings is 1. The second kappa shape index (κ2) is 4.35. The topological polar surface area (TPSA) is 87.1 Å². The van der Waals surface area contributed by atoms with Gasteiger partial charge in [-0.2, -0.15) is 0 Å². The Labute approximate surface area is 90.6 Å². The summed E-state index contributed by atoms with van der Waals surface area (Å²) in [5.41, 5.74) is 4.83. The predicted molar refractivity (Wildman–Crippen MR) is 54.4 cm³/mol. The van der Waals surface area contributed by atoms with Crippen LogP contribution in [0, 0.1) is 0 Å². The SMILES string of the molecule is O=C(NNC(=O)c1ccco1)c1ccc[nH]1. The minimum absolute atomic E-state index is 0.131. The second-order valence-electron chi connectivity index (χ2n) is 2.97. The van der Waals surface area contributed by atoms with E-state index in [1.807, 2.05) is 0 Å². The van der Waals surface area contributed by atoms with Gasteiger partial charge >= 0.3 is 5.91 Å². The molecule has 0 atom stereocenters. The van der Waals surface area contributed by atoms with Crippen LogP contribution in [0.1, 0.15) is 21.0 Å². The van der Waals surface area contributed by atoms with Gasteiger partial charge < -0.3 is 9.40 Å². The van der Waals surface area contributed by atoms with E-state index in [1.165, 1.54) is 12.3 Å². The van der Waals surface area contributed by atoms with E-state index in [2.05, 4.69) is 15.8 Å². The molecule has 2 amide bonds. The molecule has 0 radical (unpaired) electrons. The first-order valence-electron chi connectivity index (χ1n) is 4.55. The number of H-pyrrole nitrogens is 1.